The molecule has 1 amide bonds. The Hall–Kier alpha value is -2.94. The predicted molar refractivity (Wildman–Crippen MR) is 111 cm³/mol. The third kappa shape index (κ3) is 3.92. The lowest BCUT2D eigenvalue weighted by atomic mass is 9.90. The molecule has 27 heavy (non-hydrogen) atoms. The van der Waals surface area contributed by atoms with Crippen molar-refractivity contribution in [2.75, 3.05) is 0 Å². The van der Waals surface area contributed by atoms with Gasteiger partial charge >= 0.3 is 0 Å². The van der Waals surface area contributed by atoms with E-state index in [0.717, 1.165) is 34.0 Å². The van der Waals surface area contributed by atoms with E-state index in [0.29, 0.717) is 6.42 Å². The number of fused-ring (bicyclic) bond motifs is 2. The predicted octanol–water partition coefficient (Wildman–Crippen LogP) is 4.80. The van der Waals surface area contributed by atoms with Gasteiger partial charge in [0.05, 0.1) is 12.1 Å². The van der Waals surface area contributed by atoms with Gasteiger partial charge in [-0.15, -0.1) is 0 Å². The van der Waals surface area contributed by atoms with Crippen molar-refractivity contribution in [1.82, 2.24) is 5.43 Å². The SMILES string of the molecule is CC(=NNC(=O)Cc1cccc2ccccc12)c1ccc2c(c1)CCCC2. The van der Waals surface area contributed by atoms with Crippen LogP contribution in [0.2, 0.25) is 0 Å². The average Bonchev–Trinajstić information content (AvgIpc) is 2.72. The molecule has 0 bridgehead atoms. The fourth-order valence-electron chi connectivity index (χ4n) is 3.83. The largest absolute Gasteiger partial charge is 0.273 e. The number of nitrogens with zero attached hydrogens (tertiary/aromatic N) is 1. The Labute approximate surface area is 160 Å². The van der Waals surface area contributed by atoms with E-state index in [1.165, 1.54) is 30.4 Å². The van der Waals surface area contributed by atoms with Crippen molar-refractivity contribution in [2.24, 2.45) is 5.10 Å². The van der Waals surface area contributed by atoms with Crippen LogP contribution < -0.4 is 5.43 Å². The highest BCUT2D eigenvalue weighted by Gasteiger charge is 2.11. The molecule has 1 aliphatic rings. The second kappa shape index (κ2) is 7.75. The van der Waals surface area contributed by atoms with Gasteiger partial charge in [0.25, 0.3) is 0 Å². The van der Waals surface area contributed by atoms with Crippen LogP contribution in [0.5, 0.6) is 0 Å². The van der Waals surface area contributed by atoms with Crippen molar-refractivity contribution < 1.29 is 4.79 Å². The van der Waals surface area contributed by atoms with Crippen LogP contribution in [0.15, 0.2) is 65.8 Å². The number of hydrogen-bond acceptors (Lipinski definition) is 2. The van der Waals surface area contributed by atoms with E-state index in [1.807, 2.05) is 31.2 Å². The van der Waals surface area contributed by atoms with Crippen molar-refractivity contribution in [3.05, 3.63) is 82.9 Å². The Morgan fingerprint density at radius 1 is 0.963 bits per heavy atom. The van der Waals surface area contributed by atoms with Gasteiger partial charge in [0.2, 0.25) is 5.91 Å². The maximum absolute atomic E-state index is 12.4. The lowest BCUT2D eigenvalue weighted by Crippen LogP contribution is -2.21. The van der Waals surface area contributed by atoms with E-state index in [4.69, 9.17) is 0 Å². The lowest BCUT2D eigenvalue weighted by molar-refractivity contribution is -0.120. The molecule has 1 aliphatic carbocycles. The summed E-state index contributed by atoms with van der Waals surface area (Å²) < 4.78 is 0. The molecule has 0 heterocycles. The molecule has 0 saturated carbocycles. The molecular weight excluding hydrogens is 332 g/mol. The highest BCUT2D eigenvalue weighted by Crippen LogP contribution is 2.22. The van der Waals surface area contributed by atoms with Crippen LogP contribution in [0.3, 0.4) is 0 Å². The van der Waals surface area contributed by atoms with Crippen LogP contribution in [0.4, 0.5) is 0 Å². The first-order chi connectivity index (χ1) is 13.2. The van der Waals surface area contributed by atoms with Crippen molar-refractivity contribution in [1.29, 1.82) is 0 Å². The molecule has 3 heteroatoms. The summed E-state index contributed by atoms with van der Waals surface area (Å²) in [5, 5.41) is 6.60. The van der Waals surface area contributed by atoms with E-state index in [1.54, 1.807) is 0 Å². The number of nitrogens with one attached hydrogen (secondary N) is 1. The number of hydrazone groups is 1. The van der Waals surface area contributed by atoms with Gasteiger partial charge in [-0.2, -0.15) is 5.10 Å². The van der Waals surface area contributed by atoms with Gasteiger partial charge in [0, 0.05) is 0 Å². The van der Waals surface area contributed by atoms with Crippen molar-refractivity contribution in [3.8, 4) is 0 Å². The van der Waals surface area contributed by atoms with Gasteiger partial charge in [-0.05, 0) is 71.7 Å². The topological polar surface area (TPSA) is 41.5 Å². The van der Waals surface area contributed by atoms with Crippen LogP contribution in [-0.2, 0) is 24.1 Å². The first-order valence-electron chi connectivity index (χ1n) is 9.62. The number of benzene rings is 3. The fraction of sp³-hybridized carbons (Fsp3) is 0.250. The van der Waals surface area contributed by atoms with Gasteiger partial charge in [-0.3, -0.25) is 4.79 Å². The minimum absolute atomic E-state index is 0.0938. The Kier molecular flexibility index (Phi) is 5.01. The van der Waals surface area contributed by atoms with Crippen LogP contribution in [0.25, 0.3) is 10.8 Å². The summed E-state index contributed by atoms with van der Waals surface area (Å²) in [5.41, 5.74) is 8.55. The molecule has 0 aromatic heterocycles. The fourth-order valence-corrected chi connectivity index (χ4v) is 3.83. The highest BCUT2D eigenvalue weighted by molar-refractivity contribution is 5.99. The standard InChI is InChI=1S/C24H24N2O/c1-17(20-14-13-18-7-2-3-9-21(18)15-20)25-26-24(27)16-22-11-6-10-19-8-4-5-12-23(19)22/h4-6,8,10-15H,2-3,7,9,16H2,1H3,(H,26,27). The normalized spacial score (nSPS) is 14.0. The summed E-state index contributed by atoms with van der Waals surface area (Å²) in [5.74, 6) is -0.0938. The number of hydrogen-bond donors (Lipinski definition) is 1. The molecule has 1 N–H and O–H groups in total. The first kappa shape index (κ1) is 17.5. The highest BCUT2D eigenvalue weighted by atomic mass is 16.2. The molecule has 0 fully saturated rings. The minimum Gasteiger partial charge on any atom is -0.273 e. The molecule has 0 spiro atoms. The van der Waals surface area contributed by atoms with E-state index >= 15 is 0 Å². The molecule has 3 aromatic rings. The van der Waals surface area contributed by atoms with E-state index < -0.39 is 0 Å². The van der Waals surface area contributed by atoms with Crippen LogP contribution in [0, 0.1) is 0 Å². The van der Waals surface area contributed by atoms with Crippen LogP contribution in [0.1, 0.15) is 42.0 Å². The Morgan fingerprint density at radius 3 is 2.63 bits per heavy atom. The molecule has 0 atom stereocenters. The molecule has 0 radical (unpaired) electrons. The summed E-state index contributed by atoms with van der Waals surface area (Å²) in [6.45, 7) is 1.95. The second-order valence-corrected chi connectivity index (χ2v) is 7.24. The zero-order valence-electron chi connectivity index (χ0n) is 15.7. The molecule has 136 valence electrons. The van der Waals surface area contributed by atoms with Gasteiger partial charge in [0.15, 0.2) is 0 Å². The Morgan fingerprint density at radius 2 is 1.74 bits per heavy atom. The number of amides is 1. The van der Waals surface area contributed by atoms with Gasteiger partial charge in [-0.1, -0.05) is 54.6 Å². The minimum atomic E-state index is -0.0938. The Balaban J connectivity index is 1.46. The summed E-state index contributed by atoms with van der Waals surface area (Å²) in [4.78, 5) is 12.4. The molecular formula is C24H24N2O. The molecule has 0 aliphatic heterocycles. The Bertz CT molecular complexity index is 1010. The second-order valence-electron chi connectivity index (χ2n) is 7.24. The number of carbonyl (C=O) groups excluding carboxylic acids is 1. The smallest absolute Gasteiger partial charge is 0.244 e. The van der Waals surface area contributed by atoms with Gasteiger partial charge in [-0.25, -0.2) is 5.43 Å². The monoisotopic (exact) mass is 356 g/mol. The number of aryl methyl sites for hydroxylation is 2. The zero-order chi connectivity index (χ0) is 18.6. The van der Waals surface area contributed by atoms with E-state index in [9.17, 15) is 4.79 Å². The molecule has 0 unspecified atom stereocenters. The maximum atomic E-state index is 12.4. The van der Waals surface area contributed by atoms with Crippen molar-refractivity contribution in [2.45, 2.75) is 39.0 Å². The summed E-state index contributed by atoms with van der Waals surface area (Å²) in [7, 11) is 0. The average molecular weight is 356 g/mol. The third-order valence-corrected chi connectivity index (χ3v) is 5.35. The van der Waals surface area contributed by atoms with E-state index in [2.05, 4.69) is 46.9 Å². The lowest BCUT2D eigenvalue weighted by Gasteiger charge is -2.16. The summed E-state index contributed by atoms with van der Waals surface area (Å²) in [6, 6.07) is 20.7. The molecule has 0 saturated heterocycles. The third-order valence-electron chi connectivity index (χ3n) is 5.35. The first-order valence-corrected chi connectivity index (χ1v) is 9.62. The zero-order valence-corrected chi connectivity index (χ0v) is 15.7. The molecule has 4 rings (SSSR count). The molecule has 3 nitrogen and oxygen atoms in total. The van der Waals surface area contributed by atoms with Crippen molar-refractivity contribution in [3.63, 3.8) is 0 Å². The van der Waals surface area contributed by atoms with Crippen LogP contribution in [-0.4, -0.2) is 11.6 Å². The van der Waals surface area contributed by atoms with E-state index in [-0.39, 0.29) is 5.91 Å². The summed E-state index contributed by atoms with van der Waals surface area (Å²) >= 11 is 0. The van der Waals surface area contributed by atoms with Crippen molar-refractivity contribution >= 4 is 22.4 Å². The summed E-state index contributed by atoms with van der Waals surface area (Å²) in [6.07, 6.45) is 5.18. The number of rotatable bonds is 4. The van der Waals surface area contributed by atoms with Gasteiger partial charge < -0.3 is 0 Å². The molecule has 3 aromatic carbocycles. The number of carbonyl (C=O) groups is 1. The van der Waals surface area contributed by atoms with Crippen LogP contribution >= 0.6 is 0 Å². The van der Waals surface area contributed by atoms with Gasteiger partial charge in [0.1, 0.15) is 0 Å². The quantitative estimate of drug-likeness (QED) is 0.529. The maximum Gasteiger partial charge on any atom is 0.244 e.